The Morgan fingerprint density at radius 3 is 2.60 bits per heavy atom. The van der Waals surface area contributed by atoms with Crippen molar-refractivity contribution in [1.29, 1.82) is 0 Å². The van der Waals surface area contributed by atoms with Crippen LogP contribution in [0, 0.1) is 0 Å². The highest BCUT2D eigenvalue weighted by Gasteiger charge is 2.08. The molecule has 7 heteroatoms. The Kier molecular flexibility index (Phi) is 4.87. The molecule has 0 aliphatic heterocycles. The van der Waals surface area contributed by atoms with E-state index in [1.165, 1.54) is 6.33 Å². The minimum Gasteiger partial charge on any atom is -0.393 e. The van der Waals surface area contributed by atoms with Gasteiger partial charge < -0.3 is 16.4 Å². The summed E-state index contributed by atoms with van der Waals surface area (Å²) in [5.41, 5.74) is 7.25. The largest absolute Gasteiger partial charge is 0.393 e. The number of aromatic nitrogens is 2. The molecule has 2 rings (SSSR count). The van der Waals surface area contributed by atoms with Crippen LogP contribution in [0.4, 0.5) is 23.0 Å². The fourth-order valence-corrected chi connectivity index (χ4v) is 1.89. The summed E-state index contributed by atoms with van der Waals surface area (Å²) in [5, 5.41) is 7.21. The standard InChI is InChI=1S/C13H15Cl2N5/c1-2-5-17-12-11(16)13(19-7-18-12)20-8-3-4-9(14)10(15)6-8/h3-4,6-7H,2,5,16H2,1H3,(H2,17,18,19,20). The third-order valence-corrected chi connectivity index (χ3v) is 3.35. The second-order valence-electron chi connectivity index (χ2n) is 4.17. The Balaban J connectivity index is 2.22. The monoisotopic (exact) mass is 311 g/mol. The molecule has 1 heterocycles. The van der Waals surface area contributed by atoms with E-state index in [9.17, 15) is 0 Å². The third-order valence-electron chi connectivity index (χ3n) is 2.61. The van der Waals surface area contributed by atoms with Crippen molar-refractivity contribution in [1.82, 2.24) is 9.97 Å². The van der Waals surface area contributed by atoms with E-state index in [0.717, 1.165) is 18.7 Å². The number of anilines is 4. The van der Waals surface area contributed by atoms with Crippen LogP contribution < -0.4 is 16.4 Å². The lowest BCUT2D eigenvalue weighted by atomic mass is 10.3. The topological polar surface area (TPSA) is 75.9 Å². The van der Waals surface area contributed by atoms with Gasteiger partial charge >= 0.3 is 0 Å². The van der Waals surface area contributed by atoms with Crippen LogP contribution in [0.25, 0.3) is 0 Å². The number of hydrogen-bond donors (Lipinski definition) is 3. The van der Waals surface area contributed by atoms with Crippen LogP contribution in [-0.4, -0.2) is 16.5 Å². The van der Waals surface area contributed by atoms with Crippen LogP contribution in [0.2, 0.25) is 10.0 Å². The Hall–Kier alpha value is -1.72. The van der Waals surface area contributed by atoms with Gasteiger partial charge in [-0.25, -0.2) is 9.97 Å². The lowest BCUT2D eigenvalue weighted by Gasteiger charge is -2.12. The molecule has 5 nitrogen and oxygen atoms in total. The number of benzene rings is 1. The lowest BCUT2D eigenvalue weighted by Crippen LogP contribution is -2.08. The van der Waals surface area contributed by atoms with E-state index in [1.54, 1.807) is 18.2 Å². The van der Waals surface area contributed by atoms with Gasteiger partial charge in [0.05, 0.1) is 10.0 Å². The Morgan fingerprint density at radius 2 is 1.90 bits per heavy atom. The zero-order chi connectivity index (χ0) is 14.5. The molecular formula is C13H15Cl2N5. The highest BCUT2D eigenvalue weighted by atomic mass is 35.5. The Labute approximate surface area is 127 Å². The molecule has 106 valence electrons. The summed E-state index contributed by atoms with van der Waals surface area (Å²) >= 11 is 11.8. The lowest BCUT2D eigenvalue weighted by molar-refractivity contribution is 0.966. The molecule has 2 aromatic rings. The number of nitrogens with zero attached hydrogens (tertiary/aromatic N) is 2. The molecule has 0 aliphatic rings. The molecule has 0 saturated heterocycles. The van der Waals surface area contributed by atoms with E-state index in [1.807, 2.05) is 0 Å². The minimum absolute atomic E-state index is 0.465. The molecule has 0 unspecified atom stereocenters. The second-order valence-corrected chi connectivity index (χ2v) is 4.98. The predicted molar refractivity (Wildman–Crippen MR) is 85.0 cm³/mol. The summed E-state index contributed by atoms with van der Waals surface area (Å²) in [7, 11) is 0. The van der Waals surface area contributed by atoms with Gasteiger partial charge in [-0.15, -0.1) is 0 Å². The van der Waals surface area contributed by atoms with E-state index in [-0.39, 0.29) is 0 Å². The summed E-state index contributed by atoms with van der Waals surface area (Å²) in [4.78, 5) is 8.25. The maximum atomic E-state index is 6.03. The molecule has 0 saturated carbocycles. The van der Waals surface area contributed by atoms with Gasteiger partial charge in [-0.05, 0) is 24.6 Å². The summed E-state index contributed by atoms with van der Waals surface area (Å²) in [5.74, 6) is 1.14. The SMILES string of the molecule is CCCNc1ncnc(Nc2ccc(Cl)c(Cl)c2)c1N. The zero-order valence-corrected chi connectivity index (χ0v) is 12.5. The molecule has 0 spiro atoms. The van der Waals surface area contributed by atoms with Crippen LogP contribution in [0.5, 0.6) is 0 Å². The van der Waals surface area contributed by atoms with Gasteiger partial charge in [-0.2, -0.15) is 0 Å². The molecule has 0 fully saturated rings. The minimum atomic E-state index is 0.465. The molecule has 20 heavy (non-hydrogen) atoms. The maximum absolute atomic E-state index is 6.03. The van der Waals surface area contributed by atoms with Crippen LogP contribution in [0.3, 0.4) is 0 Å². The number of rotatable bonds is 5. The van der Waals surface area contributed by atoms with Crippen LogP contribution in [0.15, 0.2) is 24.5 Å². The molecule has 0 aliphatic carbocycles. The Morgan fingerprint density at radius 1 is 1.15 bits per heavy atom. The van der Waals surface area contributed by atoms with Crippen molar-refractivity contribution < 1.29 is 0 Å². The van der Waals surface area contributed by atoms with Crippen molar-refractivity contribution in [2.24, 2.45) is 0 Å². The van der Waals surface area contributed by atoms with Crippen LogP contribution >= 0.6 is 23.2 Å². The van der Waals surface area contributed by atoms with Crippen molar-refractivity contribution in [3.05, 3.63) is 34.6 Å². The van der Waals surface area contributed by atoms with Gasteiger partial charge in [-0.3, -0.25) is 0 Å². The first kappa shape index (κ1) is 14.7. The van der Waals surface area contributed by atoms with E-state index in [2.05, 4.69) is 27.5 Å². The Bertz CT molecular complexity index is 603. The summed E-state index contributed by atoms with van der Waals surface area (Å²) in [6, 6.07) is 5.22. The van der Waals surface area contributed by atoms with Crippen molar-refractivity contribution >= 4 is 46.2 Å². The van der Waals surface area contributed by atoms with Gasteiger partial charge in [0.2, 0.25) is 0 Å². The van der Waals surface area contributed by atoms with Crippen molar-refractivity contribution in [3.63, 3.8) is 0 Å². The van der Waals surface area contributed by atoms with Crippen LogP contribution in [-0.2, 0) is 0 Å². The van der Waals surface area contributed by atoms with Crippen LogP contribution in [0.1, 0.15) is 13.3 Å². The first-order valence-electron chi connectivity index (χ1n) is 6.18. The number of hydrogen-bond acceptors (Lipinski definition) is 5. The van der Waals surface area contributed by atoms with Gasteiger partial charge in [0, 0.05) is 12.2 Å². The molecular weight excluding hydrogens is 297 g/mol. The molecule has 1 aromatic heterocycles. The second kappa shape index (κ2) is 6.63. The smallest absolute Gasteiger partial charge is 0.159 e. The normalized spacial score (nSPS) is 10.3. The van der Waals surface area contributed by atoms with Crippen molar-refractivity contribution in [2.45, 2.75) is 13.3 Å². The molecule has 4 N–H and O–H groups in total. The third kappa shape index (κ3) is 3.43. The first-order chi connectivity index (χ1) is 9.61. The fourth-order valence-electron chi connectivity index (χ4n) is 1.59. The molecule has 1 aromatic carbocycles. The number of nitrogen functional groups attached to an aromatic ring is 1. The predicted octanol–water partition coefficient (Wildman–Crippen LogP) is 3.93. The summed E-state index contributed by atoms with van der Waals surface area (Å²) < 4.78 is 0. The van der Waals surface area contributed by atoms with Crippen molar-refractivity contribution in [2.75, 3.05) is 22.9 Å². The van der Waals surface area contributed by atoms with E-state index in [4.69, 9.17) is 28.9 Å². The quantitative estimate of drug-likeness (QED) is 0.780. The number of halogens is 2. The van der Waals surface area contributed by atoms with E-state index < -0.39 is 0 Å². The molecule has 0 radical (unpaired) electrons. The van der Waals surface area contributed by atoms with Gasteiger partial charge in [-0.1, -0.05) is 30.1 Å². The summed E-state index contributed by atoms with van der Waals surface area (Å²) in [6.45, 7) is 2.87. The average molecular weight is 312 g/mol. The van der Waals surface area contributed by atoms with Gasteiger partial charge in [0.15, 0.2) is 11.6 Å². The molecule has 0 bridgehead atoms. The first-order valence-corrected chi connectivity index (χ1v) is 6.93. The fraction of sp³-hybridized carbons (Fsp3) is 0.231. The van der Waals surface area contributed by atoms with E-state index in [0.29, 0.717) is 27.4 Å². The number of nitrogens with one attached hydrogen (secondary N) is 2. The van der Waals surface area contributed by atoms with Gasteiger partial charge in [0.1, 0.15) is 12.0 Å². The molecule has 0 atom stereocenters. The average Bonchev–Trinajstić information content (AvgIpc) is 2.44. The number of nitrogens with two attached hydrogens (primary N) is 1. The zero-order valence-electron chi connectivity index (χ0n) is 11.0. The van der Waals surface area contributed by atoms with E-state index >= 15 is 0 Å². The summed E-state index contributed by atoms with van der Waals surface area (Å²) in [6.07, 6.45) is 2.44. The van der Waals surface area contributed by atoms with Crippen molar-refractivity contribution in [3.8, 4) is 0 Å². The highest BCUT2D eigenvalue weighted by Crippen LogP contribution is 2.29. The maximum Gasteiger partial charge on any atom is 0.159 e. The molecule has 0 amide bonds. The van der Waals surface area contributed by atoms with Gasteiger partial charge in [0.25, 0.3) is 0 Å². The highest BCUT2D eigenvalue weighted by molar-refractivity contribution is 6.42.